The minimum atomic E-state index is -1.36. The molecule has 0 bridgehead atoms. The number of aliphatic carboxylic acids is 1. The van der Waals surface area contributed by atoms with E-state index in [2.05, 4.69) is 16.0 Å². The van der Waals surface area contributed by atoms with Crippen molar-refractivity contribution in [3.63, 3.8) is 0 Å². The number of nitrogens with one attached hydrogen (secondary N) is 3. The number of carbonyl (C=O) groups excluding carboxylic acids is 3. The summed E-state index contributed by atoms with van der Waals surface area (Å²) >= 11 is 0. The Balaban J connectivity index is 1.39. The van der Waals surface area contributed by atoms with Crippen LogP contribution in [0.2, 0.25) is 0 Å². The fraction of sp³-hybridized carbons (Fsp3) is 0.241. The summed E-state index contributed by atoms with van der Waals surface area (Å²) in [6.07, 6.45) is -0.515. The first kappa shape index (κ1) is 30.0. The van der Waals surface area contributed by atoms with Gasteiger partial charge in [0.25, 0.3) is 11.8 Å². The van der Waals surface area contributed by atoms with Crippen molar-refractivity contribution in [3.05, 3.63) is 94.3 Å². The smallest absolute Gasteiger partial charge is 0.481 e. The number of benzene rings is 3. The summed E-state index contributed by atoms with van der Waals surface area (Å²) in [7, 11) is 0.363. The third-order valence-electron chi connectivity index (χ3n) is 7.32. The Hall–Kier alpha value is -4.52. The fourth-order valence-electron chi connectivity index (χ4n) is 4.95. The van der Waals surface area contributed by atoms with Crippen LogP contribution in [0.5, 0.6) is 0 Å². The zero-order valence-corrected chi connectivity index (χ0v) is 23.0. The molecule has 5 rings (SSSR count). The Morgan fingerprint density at radius 2 is 1.60 bits per heavy atom. The lowest BCUT2D eigenvalue weighted by Gasteiger charge is -2.28. The Morgan fingerprint density at radius 1 is 0.930 bits per heavy atom. The van der Waals surface area contributed by atoms with Crippen LogP contribution in [0.15, 0.2) is 60.7 Å². The third kappa shape index (κ3) is 6.94. The lowest BCUT2D eigenvalue weighted by Crippen LogP contribution is -2.58. The number of fused-ring (bicyclic) bond motifs is 2. The molecule has 0 spiro atoms. The molecular formula is C29H27B2FN3O8. The first-order chi connectivity index (χ1) is 20.6. The molecule has 14 heteroatoms. The Morgan fingerprint density at radius 3 is 2.33 bits per heavy atom. The topological polar surface area (TPSA) is 163 Å². The Labute approximate surface area is 247 Å². The molecule has 11 nitrogen and oxygen atoms in total. The highest BCUT2D eigenvalue weighted by Crippen LogP contribution is 2.19. The van der Waals surface area contributed by atoms with Crippen LogP contribution in [0.3, 0.4) is 0 Å². The van der Waals surface area contributed by atoms with Gasteiger partial charge >= 0.3 is 20.6 Å². The maximum Gasteiger partial charge on any atom is 0.491 e. The molecular weight excluding hydrogens is 559 g/mol. The van der Waals surface area contributed by atoms with Gasteiger partial charge in [-0.2, -0.15) is 0 Å². The van der Waals surface area contributed by atoms with E-state index < -0.39 is 61.2 Å². The maximum absolute atomic E-state index is 13.7. The summed E-state index contributed by atoms with van der Waals surface area (Å²) in [6.45, 7) is 2.11. The number of hydrogen-bond acceptors (Lipinski definition) is 7. The van der Waals surface area contributed by atoms with E-state index in [4.69, 9.17) is 9.31 Å². The van der Waals surface area contributed by atoms with Crippen molar-refractivity contribution in [2.45, 2.75) is 44.7 Å². The highest BCUT2D eigenvalue weighted by atomic mass is 19.1. The average Bonchev–Trinajstić information content (AvgIpc) is 3.61. The van der Waals surface area contributed by atoms with Gasteiger partial charge in [-0.3, -0.25) is 19.2 Å². The van der Waals surface area contributed by atoms with E-state index >= 15 is 0 Å². The summed E-state index contributed by atoms with van der Waals surface area (Å²) < 4.78 is 24.0. The quantitative estimate of drug-likeness (QED) is 0.209. The molecule has 3 aromatic rings. The standard InChI is InChI=1S/C29H27B2FN3O8/c1-15(33-27(38)18-3-5-20-14-43-31(41)23(20)11-18)26(35-28(39)17-2-4-19-13-42-30-22(19)10-17)29(40)34-24(12-25(36)37)16-6-8-21(32)9-7-16/h2-11,15,24,26,41H,12-14H2,1H3,(H,33,38)(H,34,40)(H,35,39)(H,36,37)/t15-,24-,26-/m0/s1. The molecule has 5 N–H and O–H groups in total. The van der Waals surface area contributed by atoms with Crippen molar-refractivity contribution >= 4 is 49.2 Å². The molecule has 2 aliphatic rings. The predicted octanol–water partition coefficient (Wildman–Crippen LogP) is 0.0672. The third-order valence-corrected chi connectivity index (χ3v) is 7.32. The summed E-state index contributed by atoms with van der Waals surface area (Å²) in [5.41, 5.74) is 3.59. The largest absolute Gasteiger partial charge is 0.491 e. The SMILES string of the molecule is C[C@H](NC(=O)c1ccc2c(c1)B(O)OC2)[C@H](NC(=O)c1ccc2c(c1)[B]OC2)C(=O)N[C@@H](CC(=O)O)c1ccc(F)cc1. The molecule has 2 aliphatic heterocycles. The van der Waals surface area contributed by atoms with Crippen LogP contribution in [0, 0.1) is 5.82 Å². The van der Waals surface area contributed by atoms with Crippen LogP contribution < -0.4 is 26.9 Å². The first-order valence-corrected chi connectivity index (χ1v) is 13.5. The van der Waals surface area contributed by atoms with Crippen molar-refractivity contribution in [3.8, 4) is 0 Å². The monoisotopic (exact) mass is 586 g/mol. The highest BCUT2D eigenvalue weighted by Gasteiger charge is 2.33. The summed E-state index contributed by atoms with van der Waals surface area (Å²) in [5.74, 6) is -3.71. The van der Waals surface area contributed by atoms with E-state index in [0.717, 1.165) is 28.7 Å². The molecule has 219 valence electrons. The van der Waals surface area contributed by atoms with Crippen LogP contribution in [0.4, 0.5) is 4.39 Å². The molecule has 43 heavy (non-hydrogen) atoms. The van der Waals surface area contributed by atoms with Crippen molar-refractivity contribution in [1.29, 1.82) is 0 Å². The van der Waals surface area contributed by atoms with Crippen molar-refractivity contribution in [2.75, 3.05) is 0 Å². The lowest BCUT2D eigenvalue weighted by molar-refractivity contribution is -0.137. The number of hydrogen-bond donors (Lipinski definition) is 5. The van der Waals surface area contributed by atoms with Crippen molar-refractivity contribution < 1.29 is 43.0 Å². The Bertz CT molecular complexity index is 1570. The number of carbonyl (C=O) groups is 4. The molecule has 0 fully saturated rings. The molecule has 1 radical (unpaired) electrons. The zero-order valence-electron chi connectivity index (χ0n) is 23.0. The second-order valence-electron chi connectivity index (χ2n) is 10.3. The van der Waals surface area contributed by atoms with E-state index in [0.29, 0.717) is 17.6 Å². The van der Waals surface area contributed by atoms with Gasteiger partial charge in [-0.15, -0.1) is 0 Å². The molecule has 0 saturated carbocycles. The van der Waals surface area contributed by atoms with Crippen molar-refractivity contribution in [2.24, 2.45) is 0 Å². The molecule has 3 atom stereocenters. The normalized spacial score (nSPS) is 15.4. The molecule has 3 amide bonds. The zero-order chi connectivity index (χ0) is 30.7. The number of halogens is 1. The van der Waals surface area contributed by atoms with E-state index in [-0.39, 0.29) is 17.7 Å². The van der Waals surface area contributed by atoms with Gasteiger partial charge in [-0.05, 0) is 64.9 Å². The predicted molar refractivity (Wildman–Crippen MR) is 153 cm³/mol. The van der Waals surface area contributed by atoms with Crippen molar-refractivity contribution in [1.82, 2.24) is 16.0 Å². The molecule has 0 aromatic heterocycles. The van der Waals surface area contributed by atoms with Gasteiger partial charge in [0.05, 0.1) is 31.7 Å². The average molecular weight is 586 g/mol. The van der Waals surface area contributed by atoms with E-state index in [1.54, 1.807) is 30.3 Å². The minimum Gasteiger partial charge on any atom is -0.481 e. The molecule has 0 unspecified atom stereocenters. The van der Waals surface area contributed by atoms with E-state index in [1.165, 1.54) is 32.6 Å². The van der Waals surface area contributed by atoms with E-state index in [9.17, 15) is 33.7 Å². The van der Waals surface area contributed by atoms with Crippen LogP contribution in [0.25, 0.3) is 0 Å². The molecule has 3 aromatic carbocycles. The van der Waals surface area contributed by atoms with Crippen LogP contribution in [0.1, 0.15) is 56.8 Å². The molecule has 0 aliphatic carbocycles. The fourth-order valence-corrected chi connectivity index (χ4v) is 4.95. The maximum atomic E-state index is 13.7. The lowest BCUT2D eigenvalue weighted by atomic mass is 9.78. The number of carboxylic acid groups (broad SMARTS) is 1. The van der Waals surface area contributed by atoms with Gasteiger partial charge in [-0.1, -0.05) is 30.3 Å². The second-order valence-corrected chi connectivity index (χ2v) is 10.3. The van der Waals surface area contributed by atoms with Gasteiger partial charge in [0.2, 0.25) is 5.91 Å². The Kier molecular flexibility index (Phi) is 8.90. The van der Waals surface area contributed by atoms with Gasteiger partial charge < -0.3 is 35.4 Å². The second kappa shape index (κ2) is 12.8. The number of rotatable bonds is 10. The number of carboxylic acids is 1. The van der Waals surface area contributed by atoms with Gasteiger partial charge in [0.1, 0.15) is 11.9 Å². The summed E-state index contributed by atoms with van der Waals surface area (Å²) in [4.78, 5) is 51.8. The van der Waals surface area contributed by atoms with Gasteiger partial charge in [0.15, 0.2) is 0 Å². The van der Waals surface area contributed by atoms with E-state index in [1.807, 2.05) is 0 Å². The van der Waals surface area contributed by atoms with Gasteiger partial charge in [0, 0.05) is 11.1 Å². The summed E-state index contributed by atoms with van der Waals surface area (Å²) in [6, 6.07) is 11.2. The highest BCUT2D eigenvalue weighted by molar-refractivity contribution is 6.61. The summed E-state index contributed by atoms with van der Waals surface area (Å²) in [5, 5.41) is 27.5. The van der Waals surface area contributed by atoms with Crippen LogP contribution in [-0.4, -0.2) is 60.5 Å². The minimum absolute atomic E-state index is 0.199. The molecule has 0 saturated heterocycles. The van der Waals surface area contributed by atoms with Gasteiger partial charge in [-0.25, -0.2) is 4.39 Å². The molecule has 2 heterocycles. The van der Waals surface area contributed by atoms with Crippen LogP contribution in [-0.2, 0) is 32.1 Å². The van der Waals surface area contributed by atoms with Crippen LogP contribution >= 0.6 is 0 Å². The number of amides is 3. The first-order valence-electron chi connectivity index (χ1n) is 13.5.